The van der Waals surface area contributed by atoms with E-state index in [9.17, 15) is 14.9 Å². The number of fused-ring (bicyclic) bond motifs is 1. The van der Waals surface area contributed by atoms with Crippen molar-refractivity contribution in [2.45, 2.75) is 0 Å². The lowest BCUT2D eigenvalue weighted by molar-refractivity contribution is -0.383. The molecule has 1 N–H and O–H groups in total. The van der Waals surface area contributed by atoms with Crippen molar-refractivity contribution in [2.24, 2.45) is 0 Å². The number of pyridine rings is 2. The van der Waals surface area contributed by atoms with Crippen LogP contribution < -0.4 is 10.1 Å². The molecule has 0 aliphatic rings. The van der Waals surface area contributed by atoms with Gasteiger partial charge in [-0.05, 0) is 24.3 Å². The van der Waals surface area contributed by atoms with Crippen LogP contribution in [0.3, 0.4) is 0 Å². The van der Waals surface area contributed by atoms with Crippen molar-refractivity contribution in [3.8, 4) is 11.5 Å². The number of anilines is 1. The molecule has 9 heteroatoms. The van der Waals surface area contributed by atoms with E-state index in [1.54, 1.807) is 18.2 Å². The normalized spacial score (nSPS) is 10.5. The summed E-state index contributed by atoms with van der Waals surface area (Å²) in [5.41, 5.74) is 0.311. The number of hydrogen-bond acceptors (Lipinski definition) is 7. The van der Waals surface area contributed by atoms with E-state index in [0.29, 0.717) is 28.2 Å². The van der Waals surface area contributed by atoms with Crippen LogP contribution in [0.5, 0.6) is 11.5 Å². The van der Waals surface area contributed by atoms with Gasteiger partial charge >= 0.3 is 0 Å². The Balaban J connectivity index is 1.91. The second kappa shape index (κ2) is 7.53. The second-order valence-corrected chi connectivity index (χ2v) is 5.20. The fourth-order valence-corrected chi connectivity index (χ4v) is 2.35. The summed E-state index contributed by atoms with van der Waals surface area (Å²) >= 11 is 0. The van der Waals surface area contributed by atoms with E-state index < -0.39 is 4.92 Å². The van der Waals surface area contributed by atoms with Gasteiger partial charge in [0.15, 0.2) is 5.75 Å². The molecule has 0 bridgehead atoms. The Morgan fingerprint density at radius 1 is 1.23 bits per heavy atom. The molecule has 9 nitrogen and oxygen atoms in total. The summed E-state index contributed by atoms with van der Waals surface area (Å²) in [5, 5.41) is 14.1. The molecule has 0 atom stereocenters. The highest BCUT2D eigenvalue weighted by Crippen LogP contribution is 2.34. The molecular weight excluding hydrogens is 340 g/mol. The Labute approximate surface area is 147 Å². The Morgan fingerprint density at radius 2 is 2.08 bits per heavy atom. The number of carbonyl (C=O) groups is 1. The molecule has 0 saturated carbocycles. The number of amides is 1. The predicted octanol–water partition coefficient (Wildman–Crippen LogP) is 2.92. The number of nitro groups is 1. The number of benzene rings is 1. The lowest BCUT2D eigenvalue weighted by atomic mass is 10.1. The van der Waals surface area contributed by atoms with Crippen LogP contribution in [0, 0.1) is 10.1 Å². The van der Waals surface area contributed by atoms with Crippen LogP contribution in [-0.4, -0.2) is 34.5 Å². The zero-order chi connectivity index (χ0) is 18.5. The maximum Gasteiger partial charge on any atom is 0.279 e. The summed E-state index contributed by atoms with van der Waals surface area (Å²) in [6, 6.07) is 9.20. The molecule has 3 aromatic rings. The minimum Gasteiger partial charge on any atom is -0.455 e. The molecule has 132 valence electrons. The summed E-state index contributed by atoms with van der Waals surface area (Å²) in [6.45, 7) is -0.0936. The first-order valence-electron chi connectivity index (χ1n) is 7.53. The van der Waals surface area contributed by atoms with Crippen molar-refractivity contribution < 1.29 is 19.2 Å². The molecule has 0 unspecified atom stereocenters. The highest BCUT2D eigenvalue weighted by molar-refractivity contribution is 5.92. The third kappa shape index (κ3) is 3.73. The Morgan fingerprint density at radius 3 is 2.85 bits per heavy atom. The number of ether oxygens (including phenoxy) is 2. The average Bonchev–Trinajstić information content (AvgIpc) is 2.62. The molecular formula is C17H14N4O5. The van der Waals surface area contributed by atoms with Crippen LogP contribution in [0.15, 0.2) is 48.8 Å². The molecule has 2 aromatic heterocycles. The molecule has 0 spiro atoms. The van der Waals surface area contributed by atoms with E-state index >= 15 is 0 Å². The SMILES string of the molecule is COCC(=O)Nc1cc(Oc2ccc([N+](=O)[O-])c3cccnc23)ccn1. The van der Waals surface area contributed by atoms with Gasteiger partial charge in [-0.1, -0.05) is 0 Å². The van der Waals surface area contributed by atoms with E-state index in [-0.39, 0.29) is 18.2 Å². The molecule has 0 saturated heterocycles. The van der Waals surface area contributed by atoms with E-state index in [0.717, 1.165) is 0 Å². The van der Waals surface area contributed by atoms with E-state index in [2.05, 4.69) is 15.3 Å². The monoisotopic (exact) mass is 354 g/mol. The van der Waals surface area contributed by atoms with Gasteiger partial charge in [-0.2, -0.15) is 0 Å². The minimum atomic E-state index is -0.469. The highest BCUT2D eigenvalue weighted by Gasteiger charge is 2.16. The van der Waals surface area contributed by atoms with Crippen LogP contribution >= 0.6 is 0 Å². The molecule has 0 aliphatic carbocycles. The fraction of sp³-hybridized carbons (Fsp3) is 0.118. The maximum atomic E-state index is 11.6. The van der Waals surface area contributed by atoms with Gasteiger partial charge < -0.3 is 14.8 Å². The molecule has 0 fully saturated rings. The first-order valence-corrected chi connectivity index (χ1v) is 7.53. The maximum absolute atomic E-state index is 11.6. The van der Waals surface area contributed by atoms with Crippen LogP contribution in [0.2, 0.25) is 0 Å². The fourth-order valence-electron chi connectivity index (χ4n) is 2.35. The quantitative estimate of drug-likeness (QED) is 0.534. The standard InChI is InChI=1S/C17H14N4O5/c1-25-10-16(22)20-15-9-11(6-8-18-15)26-14-5-4-13(21(23)24)12-3-2-7-19-17(12)14/h2-9H,10H2,1H3,(H,18,20,22). The third-order valence-corrected chi connectivity index (χ3v) is 3.41. The number of aromatic nitrogens is 2. The van der Waals surface area contributed by atoms with E-state index in [4.69, 9.17) is 9.47 Å². The van der Waals surface area contributed by atoms with Crippen molar-refractivity contribution in [3.63, 3.8) is 0 Å². The molecule has 0 aliphatic heterocycles. The molecule has 1 aromatic carbocycles. The number of nitrogens with zero attached hydrogens (tertiary/aromatic N) is 3. The zero-order valence-corrected chi connectivity index (χ0v) is 13.7. The first kappa shape index (κ1) is 17.2. The smallest absolute Gasteiger partial charge is 0.279 e. The summed E-state index contributed by atoms with van der Waals surface area (Å²) in [6.07, 6.45) is 3.00. The molecule has 3 rings (SSSR count). The van der Waals surface area contributed by atoms with Gasteiger partial charge in [-0.15, -0.1) is 0 Å². The van der Waals surface area contributed by atoms with Crippen LogP contribution in [0.4, 0.5) is 11.5 Å². The summed E-state index contributed by atoms with van der Waals surface area (Å²) in [5.74, 6) is 0.698. The predicted molar refractivity (Wildman–Crippen MR) is 93.2 cm³/mol. The topological polar surface area (TPSA) is 116 Å². The Kier molecular flexibility index (Phi) is 4.99. The van der Waals surface area contributed by atoms with Gasteiger partial charge in [-0.3, -0.25) is 19.9 Å². The van der Waals surface area contributed by atoms with E-state index in [1.807, 2.05) is 0 Å². The Bertz CT molecular complexity index is 976. The average molecular weight is 354 g/mol. The number of rotatable bonds is 6. The molecule has 2 heterocycles. The summed E-state index contributed by atoms with van der Waals surface area (Å²) in [4.78, 5) is 30.5. The number of non-ortho nitro benzene ring substituents is 1. The molecule has 26 heavy (non-hydrogen) atoms. The number of carbonyl (C=O) groups excluding carboxylic acids is 1. The lowest BCUT2D eigenvalue weighted by Gasteiger charge is -2.10. The van der Waals surface area contributed by atoms with Gasteiger partial charge in [0.25, 0.3) is 11.6 Å². The molecule has 1 amide bonds. The van der Waals surface area contributed by atoms with Crippen molar-refractivity contribution >= 4 is 28.3 Å². The number of hydrogen-bond donors (Lipinski definition) is 1. The first-order chi connectivity index (χ1) is 12.6. The van der Waals surface area contributed by atoms with Crippen molar-refractivity contribution in [1.29, 1.82) is 0 Å². The lowest BCUT2D eigenvalue weighted by Crippen LogP contribution is -2.17. The minimum absolute atomic E-state index is 0.0531. The van der Waals surface area contributed by atoms with E-state index in [1.165, 1.54) is 37.7 Å². The van der Waals surface area contributed by atoms with Gasteiger partial charge in [-0.25, -0.2) is 4.98 Å². The van der Waals surface area contributed by atoms with Crippen LogP contribution in [-0.2, 0) is 9.53 Å². The van der Waals surface area contributed by atoms with Gasteiger partial charge in [0.05, 0.1) is 10.3 Å². The Hall–Kier alpha value is -3.59. The number of nitrogens with one attached hydrogen (secondary N) is 1. The summed E-state index contributed by atoms with van der Waals surface area (Å²) < 4.78 is 10.5. The summed E-state index contributed by atoms with van der Waals surface area (Å²) in [7, 11) is 1.42. The van der Waals surface area contributed by atoms with Crippen molar-refractivity contribution in [2.75, 3.05) is 19.0 Å². The second-order valence-electron chi connectivity index (χ2n) is 5.20. The van der Waals surface area contributed by atoms with Crippen LogP contribution in [0.1, 0.15) is 0 Å². The van der Waals surface area contributed by atoms with Gasteiger partial charge in [0.2, 0.25) is 0 Å². The van der Waals surface area contributed by atoms with Crippen molar-refractivity contribution in [3.05, 3.63) is 58.9 Å². The van der Waals surface area contributed by atoms with Crippen molar-refractivity contribution in [1.82, 2.24) is 9.97 Å². The number of methoxy groups -OCH3 is 1. The van der Waals surface area contributed by atoms with Gasteiger partial charge in [0, 0.05) is 31.6 Å². The number of nitro benzene ring substituents is 1. The largest absolute Gasteiger partial charge is 0.455 e. The zero-order valence-electron chi connectivity index (χ0n) is 13.7. The van der Waals surface area contributed by atoms with Crippen LogP contribution in [0.25, 0.3) is 10.9 Å². The third-order valence-electron chi connectivity index (χ3n) is 3.41. The van der Waals surface area contributed by atoms with Gasteiger partial charge in [0.1, 0.15) is 23.7 Å². The molecule has 0 radical (unpaired) electrons. The highest BCUT2D eigenvalue weighted by atomic mass is 16.6.